The molecular weight excluding hydrogens is 262 g/mol. The van der Waals surface area contributed by atoms with Gasteiger partial charge in [0.25, 0.3) is 5.91 Å². The van der Waals surface area contributed by atoms with E-state index in [9.17, 15) is 9.59 Å². The Morgan fingerprint density at radius 3 is 2.40 bits per heavy atom. The molecule has 0 spiro atoms. The Morgan fingerprint density at radius 2 is 1.85 bits per heavy atom. The SMILES string of the molecule is CCNC(=O)[C@H](C)OC(=O)c1ccc(OC)c(OC)c1. The van der Waals surface area contributed by atoms with Gasteiger partial charge in [0.1, 0.15) is 0 Å². The van der Waals surface area contributed by atoms with Crippen molar-refractivity contribution in [1.82, 2.24) is 5.32 Å². The molecule has 20 heavy (non-hydrogen) atoms. The highest BCUT2D eigenvalue weighted by molar-refractivity contribution is 5.92. The fraction of sp³-hybridized carbons (Fsp3) is 0.429. The minimum atomic E-state index is -0.851. The van der Waals surface area contributed by atoms with E-state index in [1.54, 1.807) is 19.1 Å². The maximum Gasteiger partial charge on any atom is 0.339 e. The standard InChI is InChI=1S/C14H19NO5/c1-5-15-13(16)9(2)20-14(17)10-6-7-11(18-3)12(8-10)19-4/h6-9H,5H2,1-4H3,(H,15,16)/t9-/m0/s1. The topological polar surface area (TPSA) is 73.9 Å². The fourth-order valence-corrected chi connectivity index (χ4v) is 1.56. The van der Waals surface area contributed by atoms with Crippen molar-refractivity contribution < 1.29 is 23.8 Å². The van der Waals surface area contributed by atoms with Gasteiger partial charge in [0, 0.05) is 6.54 Å². The molecular formula is C14H19NO5. The molecule has 0 radical (unpaired) electrons. The summed E-state index contributed by atoms with van der Waals surface area (Å²) in [5.41, 5.74) is 0.291. The van der Waals surface area contributed by atoms with Crippen molar-refractivity contribution in [3.63, 3.8) is 0 Å². The van der Waals surface area contributed by atoms with Crippen LogP contribution < -0.4 is 14.8 Å². The Hall–Kier alpha value is -2.24. The number of carbonyl (C=O) groups excluding carboxylic acids is 2. The third-order valence-corrected chi connectivity index (χ3v) is 2.62. The van der Waals surface area contributed by atoms with Crippen molar-refractivity contribution in [3.05, 3.63) is 23.8 Å². The predicted octanol–water partition coefficient (Wildman–Crippen LogP) is 1.39. The molecule has 0 fully saturated rings. The normalized spacial score (nSPS) is 11.4. The van der Waals surface area contributed by atoms with Crippen LogP contribution in [-0.4, -0.2) is 38.7 Å². The Morgan fingerprint density at radius 1 is 1.20 bits per heavy atom. The molecule has 1 rings (SSSR count). The van der Waals surface area contributed by atoms with Crippen LogP contribution in [0.4, 0.5) is 0 Å². The molecule has 0 heterocycles. The smallest absolute Gasteiger partial charge is 0.339 e. The third-order valence-electron chi connectivity index (χ3n) is 2.62. The molecule has 0 saturated carbocycles. The van der Waals surface area contributed by atoms with Crippen LogP contribution in [0.1, 0.15) is 24.2 Å². The van der Waals surface area contributed by atoms with Gasteiger partial charge in [0.2, 0.25) is 0 Å². The zero-order valence-corrected chi connectivity index (χ0v) is 12.1. The van der Waals surface area contributed by atoms with E-state index in [0.717, 1.165) is 0 Å². The largest absolute Gasteiger partial charge is 0.493 e. The zero-order valence-electron chi connectivity index (χ0n) is 12.1. The first-order valence-electron chi connectivity index (χ1n) is 6.24. The van der Waals surface area contributed by atoms with Crippen molar-refractivity contribution in [2.45, 2.75) is 20.0 Å². The summed E-state index contributed by atoms with van der Waals surface area (Å²) in [7, 11) is 2.98. The Bertz CT molecular complexity index is 486. The second kappa shape index (κ2) is 7.37. The van der Waals surface area contributed by atoms with E-state index in [1.807, 2.05) is 0 Å². The number of methoxy groups -OCH3 is 2. The molecule has 0 aliphatic carbocycles. The summed E-state index contributed by atoms with van der Waals surface area (Å²) in [6.45, 7) is 3.79. The van der Waals surface area contributed by atoms with Gasteiger partial charge in [-0.1, -0.05) is 0 Å². The summed E-state index contributed by atoms with van der Waals surface area (Å²) in [5, 5.41) is 2.58. The number of rotatable bonds is 6. The van der Waals surface area contributed by atoms with E-state index < -0.39 is 12.1 Å². The van der Waals surface area contributed by atoms with Gasteiger partial charge in [0.15, 0.2) is 17.6 Å². The maximum atomic E-state index is 11.9. The molecule has 0 saturated heterocycles. The van der Waals surface area contributed by atoms with Gasteiger partial charge in [-0.15, -0.1) is 0 Å². The first-order chi connectivity index (χ1) is 9.53. The van der Waals surface area contributed by atoms with Crippen LogP contribution in [0.2, 0.25) is 0 Å². The highest BCUT2D eigenvalue weighted by atomic mass is 16.5. The monoisotopic (exact) mass is 281 g/mol. The molecule has 0 aromatic heterocycles. The molecule has 0 aliphatic heterocycles. The van der Waals surface area contributed by atoms with E-state index in [4.69, 9.17) is 14.2 Å². The van der Waals surface area contributed by atoms with Crippen LogP contribution in [0.5, 0.6) is 11.5 Å². The van der Waals surface area contributed by atoms with Gasteiger partial charge in [-0.25, -0.2) is 4.79 Å². The molecule has 1 N–H and O–H groups in total. The first-order valence-corrected chi connectivity index (χ1v) is 6.24. The predicted molar refractivity (Wildman–Crippen MR) is 73.1 cm³/mol. The van der Waals surface area contributed by atoms with Gasteiger partial charge >= 0.3 is 5.97 Å². The number of hydrogen-bond acceptors (Lipinski definition) is 5. The van der Waals surface area contributed by atoms with E-state index in [-0.39, 0.29) is 5.91 Å². The molecule has 0 aliphatic rings. The molecule has 1 amide bonds. The molecule has 1 aromatic rings. The molecule has 0 bridgehead atoms. The second-order valence-corrected chi connectivity index (χ2v) is 4.01. The summed E-state index contributed by atoms with van der Waals surface area (Å²) in [6.07, 6.45) is -0.851. The van der Waals surface area contributed by atoms with Crippen LogP contribution in [0.15, 0.2) is 18.2 Å². The van der Waals surface area contributed by atoms with Crippen molar-refractivity contribution >= 4 is 11.9 Å². The molecule has 1 atom stereocenters. The lowest BCUT2D eigenvalue weighted by Crippen LogP contribution is -2.35. The van der Waals surface area contributed by atoms with Crippen LogP contribution in [0.3, 0.4) is 0 Å². The summed E-state index contributed by atoms with van der Waals surface area (Å²) >= 11 is 0. The first kappa shape index (κ1) is 15.8. The summed E-state index contributed by atoms with van der Waals surface area (Å²) in [4.78, 5) is 23.4. The number of likely N-dealkylation sites (N-methyl/N-ethyl adjacent to an activating group) is 1. The van der Waals surface area contributed by atoms with E-state index >= 15 is 0 Å². The Kier molecular flexibility index (Phi) is 5.83. The van der Waals surface area contributed by atoms with Gasteiger partial charge in [-0.2, -0.15) is 0 Å². The van der Waals surface area contributed by atoms with Gasteiger partial charge < -0.3 is 19.5 Å². The highest BCUT2D eigenvalue weighted by Gasteiger charge is 2.19. The molecule has 6 heteroatoms. The molecule has 1 aromatic carbocycles. The van der Waals surface area contributed by atoms with Crippen LogP contribution in [0.25, 0.3) is 0 Å². The summed E-state index contributed by atoms with van der Waals surface area (Å²) in [6, 6.07) is 4.66. The van der Waals surface area contributed by atoms with Gasteiger partial charge in [0.05, 0.1) is 19.8 Å². The van der Waals surface area contributed by atoms with E-state index in [0.29, 0.717) is 23.6 Å². The van der Waals surface area contributed by atoms with Gasteiger partial charge in [-0.3, -0.25) is 4.79 Å². The Balaban J connectivity index is 2.80. The highest BCUT2D eigenvalue weighted by Crippen LogP contribution is 2.27. The number of benzene rings is 1. The summed E-state index contributed by atoms with van der Waals surface area (Å²) < 4.78 is 15.3. The van der Waals surface area contributed by atoms with Crippen molar-refractivity contribution in [2.75, 3.05) is 20.8 Å². The minimum Gasteiger partial charge on any atom is -0.493 e. The minimum absolute atomic E-state index is 0.291. The number of hydrogen-bond donors (Lipinski definition) is 1. The lowest BCUT2D eigenvalue weighted by atomic mass is 10.2. The fourth-order valence-electron chi connectivity index (χ4n) is 1.56. The van der Waals surface area contributed by atoms with Crippen LogP contribution in [0, 0.1) is 0 Å². The average Bonchev–Trinajstić information content (AvgIpc) is 2.46. The summed E-state index contributed by atoms with van der Waals surface area (Å²) in [5.74, 6) is 0.0134. The zero-order chi connectivity index (χ0) is 15.1. The number of carbonyl (C=O) groups is 2. The number of nitrogens with one attached hydrogen (secondary N) is 1. The lowest BCUT2D eigenvalue weighted by Gasteiger charge is -2.13. The van der Waals surface area contributed by atoms with E-state index in [1.165, 1.54) is 27.2 Å². The average molecular weight is 281 g/mol. The number of amides is 1. The second-order valence-electron chi connectivity index (χ2n) is 4.01. The molecule has 0 unspecified atom stereocenters. The van der Waals surface area contributed by atoms with Crippen LogP contribution in [-0.2, 0) is 9.53 Å². The van der Waals surface area contributed by atoms with Crippen molar-refractivity contribution in [3.8, 4) is 11.5 Å². The van der Waals surface area contributed by atoms with Crippen molar-refractivity contribution in [1.29, 1.82) is 0 Å². The van der Waals surface area contributed by atoms with Gasteiger partial charge in [-0.05, 0) is 32.0 Å². The lowest BCUT2D eigenvalue weighted by molar-refractivity contribution is -0.128. The van der Waals surface area contributed by atoms with Crippen molar-refractivity contribution in [2.24, 2.45) is 0 Å². The Labute approximate surface area is 118 Å². The third kappa shape index (κ3) is 3.88. The van der Waals surface area contributed by atoms with E-state index in [2.05, 4.69) is 5.32 Å². The number of esters is 1. The quantitative estimate of drug-likeness (QED) is 0.797. The number of ether oxygens (including phenoxy) is 3. The maximum absolute atomic E-state index is 11.9. The molecule has 110 valence electrons. The molecule has 6 nitrogen and oxygen atoms in total. The van der Waals surface area contributed by atoms with Crippen LogP contribution >= 0.6 is 0 Å².